The van der Waals surface area contributed by atoms with Gasteiger partial charge in [-0.3, -0.25) is 9.59 Å². The number of anilines is 1. The van der Waals surface area contributed by atoms with Gasteiger partial charge < -0.3 is 10.2 Å². The van der Waals surface area contributed by atoms with Crippen LogP contribution in [0.15, 0.2) is 48.5 Å². The highest BCUT2D eigenvalue weighted by Crippen LogP contribution is 2.28. The van der Waals surface area contributed by atoms with Crippen LogP contribution in [-0.4, -0.2) is 29.8 Å². The van der Waals surface area contributed by atoms with E-state index in [1.807, 2.05) is 24.3 Å². The molecule has 0 radical (unpaired) electrons. The maximum atomic E-state index is 13.0. The lowest BCUT2D eigenvalue weighted by Gasteiger charge is -2.18. The number of hydrogen-bond donors (Lipinski definition) is 1. The van der Waals surface area contributed by atoms with E-state index in [0.717, 1.165) is 23.2 Å². The number of nitrogens with one attached hydrogen (secondary N) is 1. The third-order valence-electron chi connectivity index (χ3n) is 5.53. The summed E-state index contributed by atoms with van der Waals surface area (Å²) in [5.74, 6) is -0.360. The van der Waals surface area contributed by atoms with Crippen LogP contribution in [0.4, 0.5) is 10.1 Å². The Bertz CT molecular complexity index is 835. The lowest BCUT2D eigenvalue weighted by molar-refractivity contribution is -0.128. The molecule has 0 aliphatic carbocycles. The van der Waals surface area contributed by atoms with Gasteiger partial charge in [0.2, 0.25) is 11.8 Å². The molecule has 0 unspecified atom stereocenters. The molecule has 4 nitrogen and oxygen atoms in total. The Hall–Kier alpha value is -2.69. The Labute approximate surface area is 165 Å². The number of para-hydroxylation sites is 1. The van der Waals surface area contributed by atoms with Gasteiger partial charge in [-0.1, -0.05) is 44.2 Å². The number of benzene rings is 2. The van der Waals surface area contributed by atoms with Crippen LogP contribution in [0.25, 0.3) is 0 Å². The summed E-state index contributed by atoms with van der Waals surface area (Å²) in [5.41, 5.74) is 2.93. The van der Waals surface area contributed by atoms with Crippen LogP contribution in [0.5, 0.6) is 0 Å². The third-order valence-corrected chi connectivity index (χ3v) is 5.53. The average Bonchev–Trinajstić information content (AvgIpc) is 3.08. The largest absolute Gasteiger partial charge is 0.342 e. The summed E-state index contributed by atoms with van der Waals surface area (Å²) in [5, 5.41) is 3.03. The van der Waals surface area contributed by atoms with Gasteiger partial charge in [-0.15, -0.1) is 0 Å². The minimum absolute atomic E-state index is 0.00234. The van der Waals surface area contributed by atoms with Crippen LogP contribution >= 0.6 is 0 Å². The Morgan fingerprint density at radius 2 is 1.93 bits per heavy atom. The van der Waals surface area contributed by atoms with Crippen molar-refractivity contribution in [3.63, 3.8) is 0 Å². The first-order chi connectivity index (χ1) is 13.5. The van der Waals surface area contributed by atoms with Crippen molar-refractivity contribution in [2.45, 2.75) is 39.0 Å². The fourth-order valence-electron chi connectivity index (χ4n) is 3.57. The fraction of sp³-hybridized carbons (Fsp3) is 0.391. The highest BCUT2D eigenvalue weighted by Gasteiger charge is 2.34. The van der Waals surface area contributed by atoms with Crippen LogP contribution in [0.1, 0.15) is 43.7 Å². The van der Waals surface area contributed by atoms with Crippen molar-refractivity contribution < 1.29 is 14.0 Å². The highest BCUT2D eigenvalue weighted by atomic mass is 19.1. The van der Waals surface area contributed by atoms with E-state index < -0.39 is 0 Å². The van der Waals surface area contributed by atoms with Gasteiger partial charge in [-0.25, -0.2) is 4.39 Å². The molecule has 1 heterocycles. The molecule has 28 heavy (non-hydrogen) atoms. The summed E-state index contributed by atoms with van der Waals surface area (Å²) >= 11 is 0. The molecule has 1 saturated heterocycles. The number of nitrogens with zero attached hydrogens (tertiary/aromatic N) is 1. The Kier molecular flexibility index (Phi) is 6.45. The number of likely N-dealkylation sites (tertiary alicyclic amines) is 1. The molecule has 0 saturated carbocycles. The van der Waals surface area contributed by atoms with Crippen LogP contribution in [0.3, 0.4) is 0 Å². The van der Waals surface area contributed by atoms with E-state index in [2.05, 4.69) is 19.2 Å². The van der Waals surface area contributed by atoms with Crippen molar-refractivity contribution in [3.8, 4) is 0 Å². The molecule has 1 aliphatic rings. The SMILES string of the molecule is CC[C@H](C)c1ccccc1NC(=O)[C@H]1CC(=O)N(CCc2ccc(F)cc2)C1. The highest BCUT2D eigenvalue weighted by molar-refractivity contribution is 5.97. The molecule has 0 aromatic heterocycles. The monoisotopic (exact) mass is 382 g/mol. The number of carbonyl (C=O) groups excluding carboxylic acids is 2. The Balaban J connectivity index is 1.59. The van der Waals surface area contributed by atoms with Gasteiger partial charge in [0, 0.05) is 25.2 Å². The summed E-state index contributed by atoms with van der Waals surface area (Å²) in [7, 11) is 0. The smallest absolute Gasteiger partial charge is 0.229 e. The summed E-state index contributed by atoms with van der Waals surface area (Å²) in [4.78, 5) is 26.8. The molecule has 2 amide bonds. The molecule has 1 aliphatic heterocycles. The lowest BCUT2D eigenvalue weighted by Crippen LogP contribution is -2.30. The van der Waals surface area contributed by atoms with Crippen LogP contribution in [0, 0.1) is 11.7 Å². The Morgan fingerprint density at radius 3 is 2.64 bits per heavy atom. The standard InChI is InChI=1S/C23H27FN2O2/c1-3-16(2)20-6-4-5-7-21(20)25-23(28)18-14-22(27)26(15-18)13-12-17-8-10-19(24)11-9-17/h4-11,16,18H,3,12-15H2,1-2H3,(H,25,28)/t16-,18-/m0/s1. The second-order valence-electron chi connectivity index (χ2n) is 7.50. The quantitative estimate of drug-likeness (QED) is 0.773. The topological polar surface area (TPSA) is 49.4 Å². The minimum atomic E-state index is -0.342. The molecule has 5 heteroatoms. The number of rotatable bonds is 7. The second-order valence-corrected chi connectivity index (χ2v) is 7.50. The molecule has 1 fully saturated rings. The first-order valence-electron chi connectivity index (χ1n) is 9.90. The van der Waals surface area contributed by atoms with Gasteiger partial charge in [-0.2, -0.15) is 0 Å². The van der Waals surface area contributed by atoms with Gasteiger partial charge in [-0.05, 0) is 48.1 Å². The number of hydrogen-bond acceptors (Lipinski definition) is 2. The second kappa shape index (κ2) is 9.00. The summed E-state index contributed by atoms with van der Waals surface area (Å²) in [6.07, 6.45) is 1.88. The van der Waals surface area contributed by atoms with Gasteiger partial charge in [0.25, 0.3) is 0 Å². The van der Waals surface area contributed by atoms with Crippen LogP contribution < -0.4 is 5.32 Å². The zero-order valence-electron chi connectivity index (χ0n) is 16.5. The van der Waals surface area contributed by atoms with E-state index >= 15 is 0 Å². The number of carbonyl (C=O) groups is 2. The molecule has 1 N–H and O–H groups in total. The lowest BCUT2D eigenvalue weighted by atomic mass is 9.96. The maximum Gasteiger partial charge on any atom is 0.229 e. The van der Waals surface area contributed by atoms with Gasteiger partial charge >= 0.3 is 0 Å². The van der Waals surface area contributed by atoms with Crippen molar-refractivity contribution in [1.29, 1.82) is 0 Å². The van der Waals surface area contributed by atoms with Crippen molar-refractivity contribution in [1.82, 2.24) is 4.90 Å². The van der Waals surface area contributed by atoms with Crippen molar-refractivity contribution in [2.75, 3.05) is 18.4 Å². The van der Waals surface area contributed by atoms with Crippen molar-refractivity contribution in [3.05, 3.63) is 65.5 Å². The molecule has 2 atom stereocenters. The zero-order chi connectivity index (χ0) is 20.1. The van der Waals surface area contributed by atoms with Gasteiger partial charge in [0.15, 0.2) is 0 Å². The first-order valence-corrected chi connectivity index (χ1v) is 9.90. The van der Waals surface area contributed by atoms with Gasteiger partial charge in [0.1, 0.15) is 5.82 Å². The van der Waals surface area contributed by atoms with E-state index in [9.17, 15) is 14.0 Å². The van der Waals surface area contributed by atoms with Crippen LogP contribution in [-0.2, 0) is 16.0 Å². The molecule has 0 spiro atoms. The summed E-state index contributed by atoms with van der Waals surface area (Å²) in [6, 6.07) is 14.2. The van der Waals surface area contributed by atoms with E-state index in [0.29, 0.717) is 25.4 Å². The molecule has 3 rings (SSSR count). The summed E-state index contributed by atoms with van der Waals surface area (Å²) in [6.45, 7) is 5.23. The molecular weight excluding hydrogens is 355 g/mol. The molecule has 2 aromatic carbocycles. The van der Waals surface area contributed by atoms with E-state index in [1.165, 1.54) is 12.1 Å². The maximum absolute atomic E-state index is 13.0. The third kappa shape index (κ3) is 4.77. The average molecular weight is 382 g/mol. The number of amides is 2. The zero-order valence-corrected chi connectivity index (χ0v) is 16.5. The normalized spacial score (nSPS) is 17.6. The number of halogens is 1. The molecule has 0 bridgehead atoms. The van der Waals surface area contributed by atoms with E-state index in [4.69, 9.17) is 0 Å². The molecule has 2 aromatic rings. The predicted octanol–water partition coefficient (Wildman–Crippen LogP) is 4.37. The molecular formula is C23H27FN2O2. The fourth-order valence-corrected chi connectivity index (χ4v) is 3.57. The van der Waals surface area contributed by atoms with Crippen molar-refractivity contribution in [2.24, 2.45) is 5.92 Å². The van der Waals surface area contributed by atoms with Crippen LogP contribution in [0.2, 0.25) is 0 Å². The Morgan fingerprint density at radius 1 is 1.21 bits per heavy atom. The van der Waals surface area contributed by atoms with Crippen molar-refractivity contribution >= 4 is 17.5 Å². The summed E-state index contributed by atoms with van der Waals surface area (Å²) < 4.78 is 13.0. The van der Waals surface area contributed by atoms with E-state index in [-0.39, 0.29) is 30.0 Å². The first kappa shape index (κ1) is 20.1. The predicted molar refractivity (Wildman–Crippen MR) is 109 cm³/mol. The molecule has 148 valence electrons. The minimum Gasteiger partial charge on any atom is -0.342 e. The van der Waals surface area contributed by atoms with Gasteiger partial charge in [0.05, 0.1) is 5.92 Å². The van der Waals surface area contributed by atoms with E-state index in [1.54, 1.807) is 17.0 Å².